The maximum atomic E-state index is 12.1. The zero-order valence-electron chi connectivity index (χ0n) is 11.9. The molecule has 1 aromatic carbocycles. The summed E-state index contributed by atoms with van der Waals surface area (Å²) in [7, 11) is 1.75. The third-order valence-electron chi connectivity index (χ3n) is 4.00. The maximum absolute atomic E-state index is 12.1. The van der Waals surface area contributed by atoms with Gasteiger partial charge < -0.3 is 10.1 Å². The number of halogens is 1. The van der Waals surface area contributed by atoms with Gasteiger partial charge in [0.15, 0.2) is 0 Å². The Labute approximate surface area is 125 Å². The molecule has 1 amide bonds. The van der Waals surface area contributed by atoms with Crippen molar-refractivity contribution < 1.29 is 9.53 Å². The Bertz CT molecular complexity index is 425. The van der Waals surface area contributed by atoms with Crippen molar-refractivity contribution in [3.8, 4) is 0 Å². The Kier molecular flexibility index (Phi) is 5.86. The predicted molar refractivity (Wildman–Crippen MR) is 80.9 cm³/mol. The summed E-state index contributed by atoms with van der Waals surface area (Å²) in [6.45, 7) is 0.685. The number of ether oxygens (including phenoxy) is 1. The molecule has 2 rings (SSSR count). The van der Waals surface area contributed by atoms with Gasteiger partial charge in [-0.15, -0.1) is 0 Å². The molecule has 0 aliphatic heterocycles. The molecule has 1 fully saturated rings. The van der Waals surface area contributed by atoms with Gasteiger partial charge in [-0.25, -0.2) is 0 Å². The lowest BCUT2D eigenvalue weighted by Crippen LogP contribution is -2.35. The minimum atomic E-state index is 0.159. The number of carbonyl (C=O) groups is 1. The summed E-state index contributed by atoms with van der Waals surface area (Å²) in [5.74, 6) is 0.347. The molecule has 1 aromatic rings. The number of hydrogen-bond acceptors (Lipinski definition) is 2. The van der Waals surface area contributed by atoms with Crippen LogP contribution in [0.15, 0.2) is 24.3 Å². The van der Waals surface area contributed by atoms with Gasteiger partial charge >= 0.3 is 0 Å². The van der Waals surface area contributed by atoms with Gasteiger partial charge in [0.1, 0.15) is 0 Å². The van der Waals surface area contributed by atoms with Crippen LogP contribution in [0.3, 0.4) is 0 Å². The largest absolute Gasteiger partial charge is 0.381 e. The standard InChI is InChI=1S/C16H22ClNO2/c1-20-15-8-4-13(5-9-15)16(19)18-11-10-12-2-6-14(17)7-3-12/h2-3,6-7,13,15H,4-5,8-11H2,1H3,(H,18,19). The zero-order valence-corrected chi connectivity index (χ0v) is 12.7. The van der Waals surface area contributed by atoms with Gasteiger partial charge in [0.05, 0.1) is 6.10 Å². The van der Waals surface area contributed by atoms with Gasteiger partial charge in [-0.05, 0) is 49.8 Å². The van der Waals surface area contributed by atoms with E-state index in [1.165, 1.54) is 5.56 Å². The number of hydrogen-bond donors (Lipinski definition) is 1. The van der Waals surface area contributed by atoms with E-state index in [1.807, 2.05) is 24.3 Å². The van der Waals surface area contributed by atoms with Crippen LogP contribution in [0.2, 0.25) is 5.02 Å². The van der Waals surface area contributed by atoms with Gasteiger partial charge in [-0.2, -0.15) is 0 Å². The Hall–Kier alpha value is -1.06. The summed E-state index contributed by atoms with van der Waals surface area (Å²) in [6.07, 6.45) is 5.04. The summed E-state index contributed by atoms with van der Waals surface area (Å²) in [5, 5.41) is 3.78. The van der Waals surface area contributed by atoms with E-state index >= 15 is 0 Å². The molecule has 0 aromatic heterocycles. The molecule has 4 heteroatoms. The monoisotopic (exact) mass is 295 g/mol. The normalized spacial score (nSPS) is 22.5. The van der Waals surface area contributed by atoms with Gasteiger partial charge in [0.25, 0.3) is 0 Å². The Morgan fingerprint density at radius 1 is 1.25 bits per heavy atom. The first-order valence-electron chi connectivity index (χ1n) is 7.24. The molecule has 0 heterocycles. The molecule has 0 bridgehead atoms. The number of benzene rings is 1. The maximum Gasteiger partial charge on any atom is 0.223 e. The average Bonchev–Trinajstić information content (AvgIpc) is 2.49. The lowest BCUT2D eigenvalue weighted by atomic mass is 9.87. The Morgan fingerprint density at radius 2 is 1.90 bits per heavy atom. The van der Waals surface area contributed by atoms with Crippen LogP contribution in [0.5, 0.6) is 0 Å². The minimum absolute atomic E-state index is 0.159. The molecule has 0 atom stereocenters. The Balaban J connectivity index is 1.69. The molecule has 0 saturated heterocycles. The third kappa shape index (κ3) is 4.50. The minimum Gasteiger partial charge on any atom is -0.381 e. The average molecular weight is 296 g/mol. The van der Waals surface area contributed by atoms with Crippen LogP contribution < -0.4 is 5.32 Å². The fraction of sp³-hybridized carbons (Fsp3) is 0.562. The molecule has 0 spiro atoms. The van der Waals surface area contributed by atoms with Crippen molar-refractivity contribution in [1.82, 2.24) is 5.32 Å². The molecule has 110 valence electrons. The fourth-order valence-electron chi connectivity index (χ4n) is 2.69. The smallest absolute Gasteiger partial charge is 0.223 e. The molecule has 1 saturated carbocycles. The molecule has 1 aliphatic carbocycles. The van der Waals surface area contributed by atoms with E-state index in [4.69, 9.17) is 16.3 Å². The molecule has 1 N–H and O–H groups in total. The molecule has 3 nitrogen and oxygen atoms in total. The summed E-state index contributed by atoms with van der Waals surface area (Å²) in [5.41, 5.74) is 1.19. The van der Waals surface area contributed by atoms with Crippen LogP contribution >= 0.6 is 11.6 Å². The first kappa shape index (κ1) is 15.3. The SMILES string of the molecule is COC1CCC(C(=O)NCCc2ccc(Cl)cc2)CC1. The van der Waals surface area contributed by atoms with Crippen molar-refractivity contribution in [2.75, 3.05) is 13.7 Å². The van der Waals surface area contributed by atoms with Crippen LogP contribution in [0.1, 0.15) is 31.2 Å². The van der Waals surface area contributed by atoms with Crippen molar-refractivity contribution in [2.24, 2.45) is 5.92 Å². The number of nitrogens with one attached hydrogen (secondary N) is 1. The lowest BCUT2D eigenvalue weighted by molar-refractivity contribution is -0.126. The van der Waals surface area contributed by atoms with Crippen molar-refractivity contribution in [1.29, 1.82) is 0 Å². The highest BCUT2D eigenvalue weighted by molar-refractivity contribution is 6.30. The third-order valence-corrected chi connectivity index (χ3v) is 4.26. The second-order valence-electron chi connectivity index (χ2n) is 5.38. The van der Waals surface area contributed by atoms with Crippen LogP contribution in [-0.4, -0.2) is 25.7 Å². The van der Waals surface area contributed by atoms with Crippen molar-refractivity contribution in [3.05, 3.63) is 34.9 Å². The molecular weight excluding hydrogens is 274 g/mol. The Morgan fingerprint density at radius 3 is 2.50 bits per heavy atom. The van der Waals surface area contributed by atoms with Crippen molar-refractivity contribution in [3.63, 3.8) is 0 Å². The van der Waals surface area contributed by atoms with E-state index in [2.05, 4.69) is 5.32 Å². The van der Waals surface area contributed by atoms with Crippen molar-refractivity contribution >= 4 is 17.5 Å². The van der Waals surface area contributed by atoms with E-state index in [1.54, 1.807) is 7.11 Å². The van der Waals surface area contributed by atoms with Crippen LogP contribution in [0, 0.1) is 5.92 Å². The topological polar surface area (TPSA) is 38.3 Å². The van der Waals surface area contributed by atoms with Crippen LogP contribution in [0.4, 0.5) is 0 Å². The number of amides is 1. The highest BCUT2D eigenvalue weighted by Crippen LogP contribution is 2.25. The molecule has 1 aliphatic rings. The first-order chi connectivity index (χ1) is 9.69. The molecule has 0 radical (unpaired) electrons. The number of methoxy groups -OCH3 is 1. The van der Waals surface area contributed by atoms with Gasteiger partial charge in [-0.3, -0.25) is 4.79 Å². The highest BCUT2D eigenvalue weighted by atomic mass is 35.5. The zero-order chi connectivity index (χ0) is 14.4. The quantitative estimate of drug-likeness (QED) is 0.906. The van der Waals surface area contributed by atoms with Gasteiger partial charge in [0, 0.05) is 24.6 Å². The first-order valence-corrected chi connectivity index (χ1v) is 7.62. The summed E-state index contributed by atoms with van der Waals surface area (Å²) in [4.78, 5) is 12.1. The lowest BCUT2D eigenvalue weighted by Gasteiger charge is -2.26. The number of rotatable bonds is 5. The fourth-order valence-corrected chi connectivity index (χ4v) is 2.81. The van der Waals surface area contributed by atoms with E-state index < -0.39 is 0 Å². The predicted octanol–water partition coefficient (Wildman–Crippen LogP) is 3.20. The van der Waals surface area contributed by atoms with Crippen LogP contribution in [-0.2, 0) is 16.0 Å². The van der Waals surface area contributed by atoms with E-state index in [9.17, 15) is 4.79 Å². The van der Waals surface area contributed by atoms with Gasteiger partial charge in [0.2, 0.25) is 5.91 Å². The highest BCUT2D eigenvalue weighted by Gasteiger charge is 2.25. The summed E-state index contributed by atoms with van der Waals surface area (Å²) in [6, 6.07) is 7.76. The van der Waals surface area contributed by atoms with E-state index in [0.717, 1.165) is 37.1 Å². The summed E-state index contributed by atoms with van der Waals surface area (Å²) >= 11 is 5.84. The van der Waals surface area contributed by atoms with Crippen molar-refractivity contribution in [2.45, 2.75) is 38.2 Å². The summed E-state index contributed by atoms with van der Waals surface area (Å²) < 4.78 is 5.33. The number of carbonyl (C=O) groups excluding carboxylic acids is 1. The van der Waals surface area contributed by atoms with Crippen LogP contribution in [0.25, 0.3) is 0 Å². The van der Waals surface area contributed by atoms with E-state index in [0.29, 0.717) is 12.6 Å². The second-order valence-corrected chi connectivity index (χ2v) is 5.81. The molecule has 0 unspecified atom stereocenters. The second kappa shape index (κ2) is 7.65. The van der Waals surface area contributed by atoms with E-state index in [-0.39, 0.29) is 11.8 Å². The molecular formula is C16H22ClNO2. The molecule has 20 heavy (non-hydrogen) atoms. The van der Waals surface area contributed by atoms with Gasteiger partial charge in [-0.1, -0.05) is 23.7 Å².